The van der Waals surface area contributed by atoms with Gasteiger partial charge in [0.15, 0.2) is 6.04 Å². The van der Waals surface area contributed by atoms with Gasteiger partial charge in [-0.15, -0.1) is 0 Å². The number of aromatic nitrogens is 1. The first-order chi connectivity index (χ1) is 35.5. The van der Waals surface area contributed by atoms with Gasteiger partial charge in [-0.2, -0.15) is 0 Å². The molecule has 0 saturated heterocycles. The second-order valence-corrected chi connectivity index (χ2v) is 20.0. The predicted octanol–water partition coefficient (Wildman–Crippen LogP) is 15.9. The normalized spacial score (nSPS) is 15.2. The average Bonchev–Trinajstić information content (AvgIpc) is 4.07. The van der Waals surface area contributed by atoms with Crippen molar-refractivity contribution >= 4 is 33.4 Å². The maximum atomic E-state index is 5.67. The van der Waals surface area contributed by atoms with Crippen LogP contribution in [0.4, 0.5) is 17.1 Å². The molecule has 2 aliphatic carbocycles. The van der Waals surface area contributed by atoms with Gasteiger partial charge in [0, 0.05) is 34.1 Å². The van der Waals surface area contributed by atoms with E-state index in [1.807, 2.05) is 0 Å². The Kier molecular flexibility index (Phi) is 9.53. The second-order valence-electron chi connectivity index (χ2n) is 20.0. The van der Waals surface area contributed by atoms with E-state index < -0.39 is 5.41 Å². The minimum absolute atomic E-state index is 0.189. The molecular weight excluding hydrogens is 871 g/mol. The van der Waals surface area contributed by atoms with Crippen LogP contribution < -0.4 is 14.6 Å². The predicted molar refractivity (Wildman–Crippen MR) is 295 cm³/mol. The zero-order valence-corrected chi connectivity index (χ0v) is 40.2. The third-order valence-electron chi connectivity index (χ3n) is 15.8. The molecule has 0 amide bonds. The molecule has 0 spiro atoms. The maximum Gasteiger partial charge on any atom is 0.252 e. The van der Waals surface area contributed by atoms with E-state index >= 15 is 0 Å². The molecule has 14 rings (SSSR count). The van der Waals surface area contributed by atoms with E-state index in [-0.39, 0.29) is 11.5 Å². The van der Waals surface area contributed by atoms with Gasteiger partial charge in [0.05, 0.1) is 16.4 Å². The molecule has 0 radical (unpaired) electrons. The van der Waals surface area contributed by atoms with Gasteiger partial charge in [-0.05, 0) is 130 Å². The number of hydrogen-bond donors (Lipinski definition) is 0. The Morgan fingerprint density at radius 2 is 0.875 bits per heavy atom. The Labute approximate surface area is 420 Å². The molecule has 3 nitrogen and oxygen atoms in total. The quantitative estimate of drug-likeness (QED) is 0.139. The highest BCUT2D eigenvalue weighted by atomic mass is 15.2. The van der Waals surface area contributed by atoms with Gasteiger partial charge >= 0.3 is 0 Å². The van der Waals surface area contributed by atoms with Gasteiger partial charge in [-0.1, -0.05) is 220 Å². The minimum atomic E-state index is -0.556. The second kappa shape index (κ2) is 16.3. The summed E-state index contributed by atoms with van der Waals surface area (Å²) in [6.07, 6.45) is 0. The fourth-order valence-electron chi connectivity index (χ4n) is 12.6. The van der Waals surface area contributed by atoms with E-state index in [1.54, 1.807) is 0 Å². The Morgan fingerprint density at radius 3 is 1.51 bits per heavy atom. The SMILES string of the molecule is CC1(C)c2ccccc2-c2ccc(N(c3ccc4c(c3)C(c3ccccc3)(c3ccccc3)c3ccccc3-4)c3ccc4cc(-c5ccccc5)[n+]5c(c4c3)=C(c3ccccc3)C(c3ccccc3)N=5)cc21. The van der Waals surface area contributed by atoms with Crippen LogP contribution in [-0.2, 0) is 10.8 Å². The summed E-state index contributed by atoms with van der Waals surface area (Å²) in [4.78, 5) is 2.51. The van der Waals surface area contributed by atoms with Crippen LogP contribution in [0.3, 0.4) is 0 Å². The smallest absolute Gasteiger partial charge is 0.252 e. The monoisotopic (exact) mass is 920 g/mol. The highest BCUT2D eigenvalue weighted by molar-refractivity contribution is 5.95. The van der Waals surface area contributed by atoms with Crippen LogP contribution in [0.5, 0.6) is 0 Å². The summed E-state index contributed by atoms with van der Waals surface area (Å²) < 4.78 is 2.24. The van der Waals surface area contributed by atoms with E-state index in [0.717, 1.165) is 55.6 Å². The van der Waals surface area contributed by atoms with Crippen molar-refractivity contribution in [2.45, 2.75) is 30.7 Å². The van der Waals surface area contributed by atoms with E-state index in [0.29, 0.717) is 0 Å². The fourth-order valence-corrected chi connectivity index (χ4v) is 12.6. The lowest BCUT2D eigenvalue weighted by molar-refractivity contribution is -0.546. The molecular formula is C69H50N3+. The molecule has 0 N–H and O–H groups in total. The Morgan fingerprint density at radius 1 is 0.403 bits per heavy atom. The lowest BCUT2D eigenvalue weighted by Gasteiger charge is -2.35. The van der Waals surface area contributed by atoms with Crippen LogP contribution in [-0.4, -0.2) is 0 Å². The standard InChI is InChI=1S/C69H50N3/c1-68(2)60-34-20-18-32-55(60)57-40-38-53(44-62(57)68)71(54-39-41-58-56-33-19-21-35-61(56)69(63(58)45-54,50-28-14-6-15-29-50)51-30-16-7-17-31-51)52-37-36-49-42-64(46-22-8-3-9-23-46)72-67(59(49)43-52)65(47-24-10-4-11-25-47)66(70-72)48-26-12-5-13-27-48/h3-45,66H,1-2H3/q+1. The van der Waals surface area contributed by atoms with Crippen LogP contribution >= 0.6 is 0 Å². The summed E-state index contributed by atoms with van der Waals surface area (Å²) in [6.45, 7) is 4.75. The van der Waals surface area contributed by atoms with Crippen molar-refractivity contribution in [3.63, 3.8) is 0 Å². The third-order valence-corrected chi connectivity index (χ3v) is 15.8. The zero-order chi connectivity index (χ0) is 48.0. The van der Waals surface area contributed by atoms with E-state index in [9.17, 15) is 0 Å². The Bertz CT molecular complexity index is 4010. The van der Waals surface area contributed by atoms with E-state index in [4.69, 9.17) is 5.11 Å². The zero-order valence-electron chi connectivity index (χ0n) is 40.2. The van der Waals surface area contributed by atoms with Crippen molar-refractivity contribution < 1.29 is 4.36 Å². The molecule has 72 heavy (non-hydrogen) atoms. The number of benzene rings is 10. The number of fused-ring (bicyclic) bond motifs is 9. The molecule has 3 aliphatic rings. The summed E-state index contributed by atoms with van der Waals surface area (Å²) in [5.74, 6) is 0. The van der Waals surface area contributed by atoms with Crippen LogP contribution in [0.2, 0.25) is 0 Å². The van der Waals surface area contributed by atoms with Crippen molar-refractivity contribution in [2.24, 2.45) is 5.11 Å². The summed E-state index contributed by atoms with van der Waals surface area (Å²) >= 11 is 0. The lowest BCUT2D eigenvalue weighted by Crippen LogP contribution is -2.38. The summed E-state index contributed by atoms with van der Waals surface area (Å²) in [5.41, 5.74) is 21.1. The molecule has 340 valence electrons. The van der Waals surface area contributed by atoms with Gasteiger partial charge in [0.1, 0.15) is 0 Å². The largest absolute Gasteiger partial charge is 0.310 e. The molecule has 2 heterocycles. The lowest BCUT2D eigenvalue weighted by atomic mass is 9.67. The molecule has 1 aliphatic heterocycles. The molecule has 10 aromatic carbocycles. The highest BCUT2D eigenvalue weighted by Gasteiger charge is 2.46. The summed E-state index contributed by atoms with van der Waals surface area (Å²) in [6, 6.07) is 96.2. The topological polar surface area (TPSA) is 21.5 Å². The van der Waals surface area contributed by atoms with Crippen molar-refractivity contribution in [2.75, 3.05) is 4.90 Å². The first-order valence-corrected chi connectivity index (χ1v) is 25.2. The minimum Gasteiger partial charge on any atom is -0.310 e. The first-order valence-electron chi connectivity index (χ1n) is 25.2. The van der Waals surface area contributed by atoms with Crippen molar-refractivity contribution in [3.8, 4) is 33.5 Å². The number of rotatable bonds is 8. The van der Waals surface area contributed by atoms with Gasteiger partial charge in [0.2, 0.25) is 5.69 Å². The Hall–Kier alpha value is -8.92. The number of hydrogen-bond acceptors (Lipinski definition) is 2. The molecule has 0 fully saturated rings. The average molecular weight is 921 g/mol. The fraction of sp³-hybridized carbons (Fsp3) is 0.0725. The Balaban J connectivity index is 1.07. The van der Waals surface area contributed by atoms with Crippen LogP contribution in [0.25, 0.3) is 49.9 Å². The molecule has 11 aromatic rings. The number of pyridine rings is 1. The van der Waals surface area contributed by atoms with E-state index in [1.165, 1.54) is 61.2 Å². The van der Waals surface area contributed by atoms with Gasteiger partial charge in [-0.3, -0.25) is 0 Å². The molecule has 0 saturated carbocycles. The van der Waals surface area contributed by atoms with E-state index in [2.05, 4.69) is 284 Å². The van der Waals surface area contributed by atoms with Crippen molar-refractivity contribution in [3.05, 3.63) is 311 Å². The molecule has 3 heteroatoms. The molecule has 1 atom stereocenters. The maximum absolute atomic E-state index is 5.67. The summed E-state index contributed by atoms with van der Waals surface area (Å²) in [7, 11) is 0. The number of nitrogens with zero attached hydrogens (tertiary/aromatic N) is 3. The third kappa shape index (κ3) is 6.23. The van der Waals surface area contributed by atoms with Gasteiger partial charge in [0.25, 0.3) is 5.35 Å². The van der Waals surface area contributed by atoms with Crippen LogP contribution in [0, 0.1) is 0 Å². The first kappa shape index (κ1) is 42.0. The summed E-state index contributed by atoms with van der Waals surface area (Å²) in [5, 5.41) is 9.08. The van der Waals surface area contributed by atoms with Crippen molar-refractivity contribution in [1.29, 1.82) is 0 Å². The van der Waals surface area contributed by atoms with Crippen LogP contribution in [0.1, 0.15) is 64.4 Å². The van der Waals surface area contributed by atoms with Gasteiger partial charge in [-0.25, -0.2) is 0 Å². The number of anilines is 3. The van der Waals surface area contributed by atoms with Gasteiger partial charge < -0.3 is 4.90 Å². The molecule has 1 unspecified atom stereocenters. The highest BCUT2D eigenvalue weighted by Crippen LogP contribution is 2.58. The van der Waals surface area contributed by atoms with Crippen LogP contribution in [0.15, 0.2) is 266 Å². The molecule has 1 aromatic heterocycles. The molecule has 0 bridgehead atoms. The van der Waals surface area contributed by atoms with Crippen molar-refractivity contribution in [1.82, 2.24) is 0 Å².